The van der Waals surface area contributed by atoms with Crippen molar-refractivity contribution in [2.45, 2.75) is 19.4 Å². The van der Waals surface area contributed by atoms with Crippen LogP contribution in [0.25, 0.3) is 0 Å². The van der Waals surface area contributed by atoms with E-state index in [1.165, 1.54) is 15.7 Å². The normalized spacial score (nSPS) is 21.2. The zero-order valence-corrected chi connectivity index (χ0v) is 10.6. The first-order chi connectivity index (χ1) is 7.44. The summed E-state index contributed by atoms with van der Waals surface area (Å²) in [6, 6.07) is 0. The van der Waals surface area contributed by atoms with Crippen LogP contribution in [0.4, 0.5) is 0 Å². The van der Waals surface area contributed by atoms with Crippen molar-refractivity contribution in [1.29, 1.82) is 0 Å². The molecule has 7 heteroatoms. The van der Waals surface area contributed by atoms with E-state index in [2.05, 4.69) is 0 Å². The van der Waals surface area contributed by atoms with Gasteiger partial charge in [0.2, 0.25) is 0 Å². The summed E-state index contributed by atoms with van der Waals surface area (Å²) in [6.07, 6.45) is -0.0394. The summed E-state index contributed by atoms with van der Waals surface area (Å²) in [6.45, 7) is 3.68. The Kier molecular flexibility index (Phi) is 5.13. The molecule has 1 rings (SSSR count). The van der Waals surface area contributed by atoms with Gasteiger partial charge in [0.15, 0.2) is 0 Å². The van der Waals surface area contributed by atoms with Gasteiger partial charge in [0, 0.05) is 26.7 Å². The average Bonchev–Trinajstić information content (AvgIpc) is 2.27. The standard InChI is InChI=1S/C9H20N2O4S/c1-9(12)3-4-10(2)16(13,14)11-5-7-15-8-6-11/h9,12H,3-8H2,1-2H3. The first-order valence-electron chi connectivity index (χ1n) is 5.42. The summed E-state index contributed by atoms with van der Waals surface area (Å²) < 4.78 is 31.8. The zero-order valence-electron chi connectivity index (χ0n) is 9.79. The van der Waals surface area contributed by atoms with Crippen LogP contribution in [0.1, 0.15) is 13.3 Å². The van der Waals surface area contributed by atoms with Crippen molar-refractivity contribution in [3.63, 3.8) is 0 Å². The number of ether oxygens (including phenoxy) is 1. The van der Waals surface area contributed by atoms with Crippen LogP contribution in [-0.4, -0.2) is 68.1 Å². The zero-order chi connectivity index (χ0) is 12.2. The van der Waals surface area contributed by atoms with Crippen molar-refractivity contribution in [2.75, 3.05) is 39.9 Å². The molecule has 1 N–H and O–H groups in total. The maximum atomic E-state index is 12.0. The van der Waals surface area contributed by atoms with Gasteiger partial charge in [0.1, 0.15) is 0 Å². The van der Waals surface area contributed by atoms with Gasteiger partial charge in [-0.05, 0) is 13.3 Å². The Morgan fingerprint density at radius 1 is 1.44 bits per heavy atom. The molecule has 0 saturated carbocycles. The molecular formula is C9H20N2O4S. The Labute approximate surface area is 97.0 Å². The number of hydrogen-bond acceptors (Lipinski definition) is 4. The predicted octanol–water partition coefficient (Wildman–Crippen LogP) is -0.734. The molecule has 0 spiro atoms. The Morgan fingerprint density at radius 3 is 2.50 bits per heavy atom. The smallest absolute Gasteiger partial charge is 0.281 e. The number of hydrogen-bond donors (Lipinski definition) is 1. The molecule has 96 valence electrons. The lowest BCUT2D eigenvalue weighted by atomic mass is 10.3. The molecule has 0 amide bonds. The second-order valence-electron chi connectivity index (χ2n) is 3.98. The maximum Gasteiger partial charge on any atom is 0.281 e. The molecule has 1 saturated heterocycles. The molecule has 0 aromatic rings. The van der Waals surface area contributed by atoms with E-state index in [1.54, 1.807) is 6.92 Å². The molecule has 0 bridgehead atoms. The number of morpholine rings is 1. The Hall–Kier alpha value is -0.210. The first kappa shape index (κ1) is 13.9. The second-order valence-corrected chi connectivity index (χ2v) is 6.01. The second kappa shape index (κ2) is 5.92. The summed E-state index contributed by atoms with van der Waals surface area (Å²) in [4.78, 5) is 0. The fourth-order valence-electron chi connectivity index (χ4n) is 1.46. The third kappa shape index (κ3) is 3.67. The Morgan fingerprint density at radius 2 is 2.00 bits per heavy atom. The van der Waals surface area contributed by atoms with Gasteiger partial charge in [0.25, 0.3) is 10.2 Å². The summed E-state index contributed by atoms with van der Waals surface area (Å²) in [5, 5.41) is 9.12. The topological polar surface area (TPSA) is 70.1 Å². The summed E-state index contributed by atoms with van der Waals surface area (Å²) in [5.41, 5.74) is 0. The van der Waals surface area contributed by atoms with Crippen LogP contribution in [0.15, 0.2) is 0 Å². The molecule has 0 aromatic heterocycles. The number of aliphatic hydroxyl groups is 1. The fraction of sp³-hybridized carbons (Fsp3) is 1.00. The molecule has 1 heterocycles. The van der Waals surface area contributed by atoms with Crippen molar-refractivity contribution >= 4 is 10.2 Å². The molecule has 0 aliphatic carbocycles. The molecule has 1 aliphatic rings. The molecular weight excluding hydrogens is 232 g/mol. The molecule has 0 aromatic carbocycles. The molecule has 1 aliphatic heterocycles. The van der Waals surface area contributed by atoms with Gasteiger partial charge in [-0.3, -0.25) is 0 Å². The lowest BCUT2D eigenvalue weighted by Gasteiger charge is -2.30. The summed E-state index contributed by atoms with van der Waals surface area (Å²) in [7, 11) is -1.85. The highest BCUT2D eigenvalue weighted by Crippen LogP contribution is 2.10. The molecule has 16 heavy (non-hydrogen) atoms. The van der Waals surface area contributed by atoms with Crippen LogP contribution in [0.2, 0.25) is 0 Å². The van der Waals surface area contributed by atoms with Crippen LogP contribution in [-0.2, 0) is 14.9 Å². The van der Waals surface area contributed by atoms with Gasteiger partial charge in [-0.25, -0.2) is 0 Å². The van der Waals surface area contributed by atoms with Crippen LogP contribution in [0.3, 0.4) is 0 Å². The largest absolute Gasteiger partial charge is 0.393 e. The van der Waals surface area contributed by atoms with Crippen molar-refractivity contribution in [2.24, 2.45) is 0 Å². The van der Waals surface area contributed by atoms with E-state index in [4.69, 9.17) is 9.84 Å². The molecule has 0 radical (unpaired) electrons. The first-order valence-corrected chi connectivity index (χ1v) is 6.81. The summed E-state index contributed by atoms with van der Waals surface area (Å²) >= 11 is 0. The minimum atomic E-state index is -3.38. The van der Waals surface area contributed by atoms with E-state index in [9.17, 15) is 8.42 Å². The van der Waals surface area contributed by atoms with Crippen LogP contribution < -0.4 is 0 Å². The third-order valence-electron chi connectivity index (χ3n) is 2.55. The summed E-state index contributed by atoms with van der Waals surface area (Å²) in [5.74, 6) is 0. The quantitative estimate of drug-likeness (QED) is 0.700. The molecule has 1 fully saturated rings. The van der Waals surface area contributed by atoms with E-state index in [0.29, 0.717) is 39.3 Å². The number of rotatable bonds is 5. The highest BCUT2D eigenvalue weighted by molar-refractivity contribution is 7.86. The molecule has 1 unspecified atom stereocenters. The Balaban J connectivity index is 2.54. The van der Waals surface area contributed by atoms with E-state index in [-0.39, 0.29) is 0 Å². The van der Waals surface area contributed by atoms with Gasteiger partial charge in [-0.15, -0.1) is 0 Å². The van der Waals surface area contributed by atoms with Crippen LogP contribution in [0, 0.1) is 0 Å². The van der Waals surface area contributed by atoms with E-state index in [1.807, 2.05) is 0 Å². The third-order valence-corrected chi connectivity index (χ3v) is 4.54. The minimum absolute atomic E-state index is 0.331. The van der Waals surface area contributed by atoms with Gasteiger partial charge in [0.05, 0.1) is 19.3 Å². The predicted molar refractivity (Wildman–Crippen MR) is 60.2 cm³/mol. The SMILES string of the molecule is CC(O)CCN(C)S(=O)(=O)N1CCOCC1. The van der Waals surface area contributed by atoms with E-state index < -0.39 is 16.3 Å². The number of aliphatic hydroxyl groups excluding tert-OH is 1. The Bertz CT molecular complexity index is 299. The van der Waals surface area contributed by atoms with Crippen molar-refractivity contribution in [3.05, 3.63) is 0 Å². The monoisotopic (exact) mass is 252 g/mol. The van der Waals surface area contributed by atoms with Gasteiger partial charge >= 0.3 is 0 Å². The van der Waals surface area contributed by atoms with Crippen molar-refractivity contribution < 1.29 is 18.3 Å². The lowest BCUT2D eigenvalue weighted by Crippen LogP contribution is -2.47. The fourth-order valence-corrected chi connectivity index (χ4v) is 2.80. The van der Waals surface area contributed by atoms with Crippen LogP contribution in [0.5, 0.6) is 0 Å². The van der Waals surface area contributed by atoms with Crippen molar-refractivity contribution in [1.82, 2.24) is 8.61 Å². The van der Waals surface area contributed by atoms with Crippen LogP contribution >= 0.6 is 0 Å². The highest BCUT2D eigenvalue weighted by atomic mass is 32.2. The minimum Gasteiger partial charge on any atom is -0.393 e. The maximum absolute atomic E-state index is 12.0. The average molecular weight is 252 g/mol. The molecule has 1 atom stereocenters. The van der Waals surface area contributed by atoms with Crippen molar-refractivity contribution in [3.8, 4) is 0 Å². The highest BCUT2D eigenvalue weighted by Gasteiger charge is 2.28. The van der Waals surface area contributed by atoms with E-state index >= 15 is 0 Å². The lowest BCUT2D eigenvalue weighted by molar-refractivity contribution is 0.0703. The number of nitrogens with zero attached hydrogens (tertiary/aromatic N) is 2. The van der Waals surface area contributed by atoms with Gasteiger partial charge < -0.3 is 9.84 Å². The van der Waals surface area contributed by atoms with Gasteiger partial charge in [-0.2, -0.15) is 17.0 Å². The molecule has 6 nitrogen and oxygen atoms in total. The van der Waals surface area contributed by atoms with Gasteiger partial charge in [-0.1, -0.05) is 0 Å². The van der Waals surface area contributed by atoms with E-state index in [0.717, 1.165) is 0 Å².